The van der Waals surface area contributed by atoms with E-state index in [1.54, 1.807) is 60.8 Å². The molecule has 1 aliphatic heterocycles. The fraction of sp³-hybridized carbons (Fsp3) is 0.545. The number of benzene rings is 2. The summed E-state index contributed by atoms with van der Waals surface area (Å²) in [7, 11) is 0. The lowest BCUT2D eigenvalue weighted by molar-refractivity contribution is -0.156. The maximum atomic E-state index is 14.7. The molecule has 0 spiro atoms. The van der Waals surface area contributed by atoms with Crippen molar-refractivity contribution < 1.29 is 102 Å². The number of nitrogens with two attached hydrogens (primary N) is 3. The lowest BCUT2D eigenvalue weighted by Crippen LogP contribution is -2.62. The van der Waals surface area contributed by atoms with E-state index in [9.17, 15) is 97.1 Å². The quantitative estimate of drug-likeness (QED) is 0.0250. The Balaban J connectivity index is 1.85. The number of aliphatic carboxylic acids is 2. The molecule has 1 fully saturated rings. The molecular weight excluding hydrogens is 1350 g/mol. The number of aliphatic hydroxyl groups is 2. The van der Waals surface area contributed by atoms with Crippen molar-refractivity contribution in [3.63, 3.8) is 0 Å². The second kappa shape index (κ2) is 43.2. The third kappa shape index (κ3) is 29.1. The number of carboxylic acid groups (broad SMARTS) is 2. The number of carbonyl (C=O) groups is 16. The third-order valence-electron chi connectivity index (χ3n) is 16.2. The molecule has 37 nitrogen and oxygen atoms in total. The van der Waals surface area contributed by atoms with Gasteiger partial charge >= 0.3 is 17.9 Å². The van der Waals surface area contributed by atoms with E-state index in [1.807, 2.05) is 12.2 Å². The highest BCUT2D eigenvalue weighted by molar-refractivity contribution is 6.01. The summed E-state index contributed by atoms with van der Waals surface area (Å²) in [5, 5.41) is 68.9. The molecule has 37 heteroatoms. The number of para-hydroxylation sites is 1. The van der Waals surface area contributed by atoms with Gasteiger partial charge in [0.25, 0.3) is 0 Å². The number of aromatic nitrogens is 1. The topological polar surface area (TPSA) is 601 Å². The number of carbonyl (C=O) groups excluding carboxylic acids is 14. The van der Waals surface area contributed by atoms with E-state index in [2.05, 4.69) is 63.5 Å². The molecule has 3 aromatic rings. The average molecular weight is 1450 g/mol. The number of rotatable bonds is 27. The molecule has 4 rings (SSSR count). The minimum Gasteiger partial charge on any atom is -0.481 e. The van der Waals surface area contributed by atoms with Gasteiger partial charge in [-0.05, 0) is 62.4 Å². The van der Waals surface area contributed by atoms with Gasteiger partial charge < -0.3 is 111 Å². The van der Waals surface area contributed by atoms with E-state index in [0.717, 1.165) is 32.6 Å². The zero-order valence-corrected chi connectivity index (χ0v) is 57.7. The van der Waals surface area contributed by atoms with Crippen molar-refractivity contribution in [2.75, 3.05) is 32.8 Å². The van der Waals surface area contributed by atoms with Gasteiger partial charge in [0.2, 0.25) is 76.8 Å². The van der Waals surface area contributed by atoms with Crippen LogP contribution in [-0.4, -0.2) is 226 Å². The monoisotopic (exact) mass is 1450 g/mol. The standard InChI is InChI=1S/C66H96N16O21/c1-5-6-7-8-12-17-38(84)26-50(86)75-48(33-83)63(99)82-56-35(4)103-66(102)47(24-36-15-10-9-11-16-36)80-60(96)42(21-23-68)76-64(100)55(34(2)3)81-62(98)43(25-37-30-70-40-19-14-13-18-39(37)40)73-51(87)31-71-58(94)46(29-54(91)92)79-61(97)44(27-49(69)85)74-52(88)32-72-57(93)45(28-53(89)90)78-59(95)41(20-22-67)77-65(56)101/h9-11,13-16,18-19,30,34-35,38,41-48,55-56,70,83-84H,5-8,12,17,20-29,31-33,67-68H2,1-4H3,(H2,69,85)(H,71,94)(H,72,93)(H,73,87)(H,74,88)(H,75,86)(H,76,100)(H,77,101)(H,78,95)(H,79,97)(H,80,96)(H,81,98)(H,82,99)(H,89,90)(H,91,92)/t35-,38?,41-,42+,43+,44-,45+,46-,47+,48-,55+,56+/m1/s1. The van der Waals surface area contributed by atoms with Gasteiger partial charge in [-0.15, -0.1) is 0 Å². The number of nitrogens with one attached hydrogen (secondary N) is 13. The Kier molecular flexibility index (Phi) is 35.6. The van der Waals surface area contributed by atoms with E-state index < -0.39 is 232 Å². The molecule has 0 saturated carbocycles. The SMILES string of the molecule is CCCCCCCC(O)CC(=O)N[C@H](CO)C(=O)N[C@@H]1C(=O)N[C@H](CCN)C(=O)N[C@@H](CC(=O)O)C(=O)NCC(=O)N[C@H](CC(N)=O)C(=O)N[C@H](CC(=O)O)C(=O)NCC(=O)N[C@@H](Cc2c[nH]c3ccccc23)C(=O)N[C@@H](C(C)C)C(=O)N[C@@H](CCN)C(=O)N[C@@H](Cc2ccccc2)C(=O)O[C@@H]1C. The molecule has 0 bridgehead atoms. The zero-order chi connectivity index (χ0) is 76.5. The van der Waals surface area contributed by atoms with Crippen molar-refractivity contribution in [3.05, 3.63) is 71.9 Å². The number of esters is 1. The molecule has 103 heavy (non-hydrogen) atoms. The number of fused-ring (bicyclic) bond motifs is 1. The van der Waals surface area contributed by atoms with Crippen molar-refractivity contribution in [1.29, 1.82) is 0 Å². The van der Waals surface area contributed by atoms with Gasteiger partial charge in [0.1, 0.15) is 66.5 Å². The third-order valence-corrected chi connectivity index (χ3v) is 16.2. The van der Waals surface area contributed by atoms with E-state index in [1.165, 1.54) is 13.8 Å². The Morgan fingerprint density at radius 3 is 1.64 bits per heavy atom. The first-order chi connectivity index (χ1) is 48.9. The summed E-state index contributed by atoms with van der Waals surface area (Å²) in [6.45, 7) is 2.24. The van der Waals surface area contributed by atoms with Gasteiger partial charge in [-0.3, -0.25) is 71.9 Å². The Labute approximate surface area is 592 Å². The molecule has 1 aromatic heterocycles. The Hall–Kier alpha value is -10.7. The van der Waals surface area contributed by atoms with Gasteiger partial charge in [0.15, 0.2) is 0 Å². The summed E-state index contributed by atoms with van der Waals surface area (Å²) >= 11 is 0. The number of hydrogen-bond donors (Lipinski definition) is 20. The molecule has 2 aromatic carbocycles. The number of cyclic esters (lactones) is 1. The number of ether oxygens (including phenoxy) is 1. The number of unbranched alkanes of at least 4 members (excludes halogenated alkanes) is 4. The first-order valence-corrected chi connectivity index (χ1v) is 33.6. The smallest absolute Gasteiger partial charge is 0.329 e. The Morgan fingerprint density at radius 1 is 0.592 bits per heavy atom. The van der Waals surface area contributed by atoms with Gasteiger partial charge in [-0.2, -0.15) is 0 Å². The van der Waals surface area contributed by atoms with Crippen molar-refractivity contribution in [3.8, 4) is 0 Å². The second-order valence-electron chi connectivity index (χ2n) is 25.0. The summed E-state index contributed by atoms with van der Waals surface area (Å²) in [5.74, 6) is -21.1. The zero-order valence-electron chi connectivity index (χ0n) is 57.7. The summed E-state index contributed by atoms with van der Waals surface area (Å²) in [5.41, 5.74) is 18.7. The number of aliphatic hydroxyl groups excluding tert-OH is 2. The van der Waals surface area contributed by atoms with Gasteiger partial charge in [0, 0.05) is 29.9 Å². The van der Waals surface area contributed by atoms with Gasteiger partial charge in [-0.25, -0.2) is 4.79 Å². The molecule has 1 saturated heterocycles. The van der Waals surface area contributed by atoms with Crippen molar-refractivity contribution in [2.45, 2.75) is 190 Å². The highest BCUT2D eigenvalue weighted by Crippen LogP contribution is 2.20. The number of aromatic amines is 1. The van der Waals surface area contributed by atoms with Crippen LogP contribution in [0.1, 0.15) is 116 Å². The molecular formula is C66H96N16O21. The number of primary amides is 1. The highest BCUT2D eigenvalue weighted by Gasteiger charge is 2.40. The lowest BCUT2D eigenvalue weighted by atomic mass is 10.00. The van der Waals surface area contributed by atoms with Crippen LogP contribution in [0.3, 0.4) is 0 Å². The van der Waals surface area contributed by atoms with Crippen LogP contribution in [0.2, 0.25) is 0 Å². The fourth-order valence-corrected chi connectivity index (χ4v) is 10.8. The maximum Gasteiger partial charge on any atom is 0.329 e. The molecule has 2 heterocycles. The van der Waals surface area contributed by atoms with Crippen LogP contribution in [-0.2, 0) is 94.3 Å². The van der Waals surface area contributed by atoms with E-state index >= 15 is 0 Å². The molecule has 0 aliphatic carbocycles. The summed E-state index contributed by atoms with van der Waals surface area (Å²) in [6, 6.07) is -3.54. The van der Waals surface area contributed by atoms with E-state index in [4.69, 9.17) is 21.9 Å². The van der Waals surface area contributed by atoms with Crippen LogP contribution >= 0.6 is 0 Å². The second-order valence-corrected chi connectivity index (χ2v) is 25.0. The molecule has 1 aliphatic rings. The van der Waals surface area contributed by atoms with Crippen LogP contribution in [0.4, 0.5) is 0 Å². The van der Waals surface area contributed by atoms with Gasteiger partial charge in [-0.1, -0.05) is 101 Å². The first-order valence-electron chi connectivity index (χ1n) is 33.6. The normalized spacial score (nSPS) is 23.0. The lowest BCUT2D eigenvalue weighted by Gasteiger charge is -2.30. The molecule has 23 N–H and O–H groups in total. The molecule has 13 amide bonds. The predicted octanol–water partition coefficient (Wildman–Crippen LogP) is -5.74. The summed E-state index contributed by atoms with van der Waals surface area (Å²) in [4.78, 5) is 222. The van der Waals surface area contributed by atoms with Crippen LogP contribution in [0.25, 0.3) is 10.9 Å². The fourth-order valence-electron chi connectivity index (χ4n) is 10.8. The first kappa shape index (κ1) is 84.8. The van der Waals surface area contributed by atoms with E-state index in [-0.39, 0.29) is 32.2 Å². The largest absolute Gasteiger partial charge is 0.481 e. The minimum absolute atomic E-state index is 0.226. The number of hydrogen-bond acceptors (Lipinski definition) is 21. The molecule has 1 unspecified atom stereocenters. The Bertz CT molecular complexity index is 3460. The predicted molar refractivity (Wildman–Crippen MR) is 365 cm³/mol. The number of amides is 13. The summed E-state index contributed by atoms with van der Waals surface area (Å²) < 4.78 is 5.85. The molecule has 12 atom stereocenters. The van der Waals surface area contributed by atoms with Crippen LogP contribution in [0.5, 0.6) is 0 Å². The maximum absolute atomic E-state index is 14.7. The summed E-state index contributed by atoms with van der Waals surface area (Å²) in [6.07, 6.45) is -2.42. The van der Waals surface area contributed by atoms with Gasteiger partial charge in [0.05, 0.1) is 51.5 Å². The van der Waals surface area contributed by atoms with Crippen LogP contribution < -0.4 is 81.0 Å². The van der Waals surface area contributed by atoms with Crippen LogP contribution in [0.15, 0.2) is 60.8 Å². The average Bonchev–Trinajstić information content (AvgIpc) is 1.75. The number of carboxylic acids is 2. The highest BCUT2D eigenvalue weighted by atomic mass is 16.5. The van der Waals surface area contributed by atoms with Crippen molar-refractivity contribution in [2.24, 2.45) is 23.1 Å². The minimum atomic E-state index is -2.14. The van der Waals surface area contributed by atoms with Crippen LogP contribution in [0, 0.1) is 5.92 Å². The number of H-pyrrole nitrogens is 1. The molecule has 0 radical (unpaired) electrons. The van der Waals surface area contributed by atoms with E-state index in [0.29, 0.717) is 28.5 Å². The van der Waals surface area contributed by atoms with Crippen molar-refractivity contribution in [1.82, 2.24) is 68.8 Å². The molecule has 566 valence electrons. The van der Waals surface area contributed by atoms with Crippen molar-refractivity contribution >= 4 is 106 Å². The Morgan fingerprint density at radius 2 is 1.10 bits per heavy atom.